The number of aromatic hydroxyl groups is 2. The van der Waals surface area contributed by atoms with E-state index >= 15 is 0 Å². The Kier molecular flexibility index (Phi) is 10.5. The van der Waals surface area contributed by atoms with Crippen molar-refractivity contribution in [2.75, 3.05) is 13.7 Å². The summed E-state index contributed by atoms with van der Waals surface area (Å²) in [5.41, 5.74) is -0.797. The summed E-state index contributed by atoms with van der Waals surface area (Å²) in [6, 6.07) is 9.51. The number of ether oxygens (including phenoxy) is 2. The maximum Gasteiger partial charge on any atom is 0.408 e. The predicted octanol–water partition coefficient (Wildman–Crippen LogP) is 3.19. The Labute approximate surface area is 234 Å². The number of alkyl carbamates (subject to hydrolysis) is 1. The van der Waals surface area contributed by atoms with Crippen molar-refractivity contribution in [1.29, 1.82) is 0 Å². The first-order valence-corrected chi connectivity index (χ1v) is 12.8. The third-order valence-electron chi connectivity index (χ3n) is 5.68. The number of hydrogen-bond donors (Lipinski definition) is 4. The van der Waals surface area contributed by atoms with Crippen LogP contribution in [0.5, 0.6) is 11.5 Å². The summed E-state index contributed by atoms with van der Waals surface area (Å²) in [7, 11) is 1.19. The van der Waals surface area contributed by atoms with Crippen LogP contribution >= 0.6 is 0 Å². The van der Waals surface area contributed by atoms with Gasteiger partial charge in [0.05, 0.1) is 7.11 Å². The Balaban J connectivity index is 2.59. The van der Waals surface area contributed by atoms with Gasteiger partial charge < -0.3 is 35.2 Å². The van der Waals surface area contributed by atoms with Gasteiger partial charge >= 0.3 is 12.1 Å². The molecular weight excluding hydrogens is 518 g/mol. The summed E-state index contributed by atoms with van der Waals surface area (Å²) >= 11 is 0. The smallest absolute Gasteiger partial charge is 0.408 e. The van der Waals surface area contributed by atoms with Crippen LogP contribution in [0.2, 0.25) is 0 Å². The molecule has 0 radical (unpaired) electrons. The van der Waals surface area contributed by atoms with Gasteiger partial charge in [0.25, 0.3) is 0 Å². The standard InChI is InChI=1S/C29H39N3O8/c1-28(2,3)32(24(19-10-14-21(34)15-11-19)25(36)30-17-23(35)39-7)26(37)22(31-27(38)40-29(4,5)6)16-18-8-12-20(33)13-9-18/h8-15,22,24,33-34H,16-17H2,1-7H3,(H,30,36)(H,31,38). The number of phenols is 2. The SMILES string of the molecule is COC(=O)CNC(=O)C(c1ccc(O)cc1)N(C(=O)C(Cc1ccc(O)cc1)NC(=O)OC(C)(C)C)C(C)(C)C. The summed E-state index contributed by atoms with van der Waals surface area (Å²) < 4.78 is 10.0. The second kappa shape index (κ2) is 13.2. The lowest BCUT2D eigenvalue weighted by Gasteiger charge is -2.43. The molecule has 0 fully saturated rings. The molecule has 40 heavy (non-hydrogen) atoms. The monoisotopic (exact) mass is 557 g/mol. The largest absolute Gasteiger partial charge is 0.508 e. The predicted molar refractivity (Wildman–Crippen MR) is 147 cm³/mol. The van der Waals surface area contributed by atoms with Crippen molar-refractivity contribution >= 4 is 23.9 Å². The molecule has 0 aliphatic rings. The molecule has 0 heterocycles. The Morgan fingerprint density at radius 3 is 1.88 bits per heavy atom. The van der Waals surface area contributed by atoms with Crippen molar-refractivity contribution < 1.29 is 38.9 Å². The van der Waals surface area contributed by atoms with E-state index < -0.39 is 53.6 Å². The second-order valence-electron chi connectivity index (χ2n) is 11.2. The van der Waals surface area contributed by atoms with Crippen molar-refractivity contribution in [3.8, 4) is 11.5 Å². The average Bonchev–Trinajstić information content (AvgIpc) is 2.84. The summed E-state index contributed by atoms with van der Waals surface area (Å²) in [4.78, 5) is 53.8. The van der Waals surface area contributed by atoms with Gasteiger partial charge in [-0.25, -0.2) is 4.79 Å². The molecule has 2 aromatic carbocycles. The zero-order valence-corrected chi connectivity index (χ0v) is 24.0. The van der Waals surface area contributed by atoms with Crippen LogP contribution < -0.4 is 10.6 Å². The van der Waals surface area contributed by atoms with Crippen LogP contribution in [0.1, 0.15) is 58.7 Å². The molecule has 218 valence electrons. The lowest BCUT2D eigenvalue weighted by molar-refractivity contribution is -0.149. The van der Waals surface area contributed by atoms with E-state index in [1.807, 2.05) is 0 Å². The molecule has 0 aromatic heterocycles. The van der Waals surface area contributed by atoms with Gasteiger partial charge in [-0.05, 0) is 76.9 Å². The fourth-order valence-corrected chi connectivity index (χ4v) is 3.93. The summed E-state index contributed by atoms with van der Waals surface area (Å²) in [5.74, 6) is -1.94. The number of methoxy groups -OCH3 is 1. The van der Waals surface area contributed by atoms with Crippen LogP contribution in [-0.2, 0) is 30.3 Å². The number of nitrogens with zero attached hydrogens (tertiary/aromatic N) is 1. The molecule has 0 bridgehead atoms. The zero-order chi connectivity index (χ0) is 30.3. The van der Waals surface area contributed by atoms with E-state index in [-0.39, 0.29) is 17.9 Å². The van der Waals surface area contributed by atoms with Crippen LogP contribution in [0.3, 0.4) is 0 Å². The van der Waals surface area contributed by atoms with Gasteiger partial charge in [-0.15, -0.1) is 0 Å². The van der Waals surface area contributed by atoms with E-state index in [1.54, 1.807) is 53.7 Å². The minimum absolute atomic E-state index is 0.0248. The molecule has 4 N–H and O–H groups in total. The van der Waals surface area contributed by atoms with Gasteiger partial charge in [0.15, 0.2) is 0 Å². The van der Waals surface area contributed by atoms with E-state index in [9.17, 15) is 29.4 Å². The Hall–Kier alpha value is -4.28. The van der Waals surface area contributed by atoms with Gasteiger partial charge in [-0.2, -0.15) is 0 Å². The minimum atomic E-state index is -1.25. The van der Waals surface area contributed by atoms with E-state index in [0.717, 1.165) is 0 Å². The van der Waals surface area contributed by atoms with Gasteiger partial charge in [-0.1, -0.05) is 24.3 Å². The fourth-order valence-electron chi connectivity index (χ4n) is 3.93. The van der Waals surface area contributed by atoms with Gasteiger partial charge in [0.1, 0.15) is 35.7 Å². The van der Waals surface area contributed by atoms with E-state index in [1.165, 1.54) is 48.4 Å². The van der Waals surface area contributed by atoms with Crippen LogP contribution in [0.4, 0.5) is 4.79 Å². The molecule has 0 aliphatic carbocycles. The zero-order valence-electron chi connectivity index (χ0n) is 24.0. The van der Waals surface area contributed by atoms with Gasteiger partial charge in [0, 0.05) is 12.0 Å². The molecule has 0 spiro atoms. The lowest BCUT2D eigenvalue weighted by atomic mass is 9.94. The highest BCUT2D eigenvalue weighted by molar-refractivity contribution is 5.93. The third kappa shape index (κ3) is 9.48. The molecule has 2 rings (SSSR count). The second-order valence-corrected chi connectivity index (χ2v) is 11.2. The molecule has 0 aliphatic heterocycles. The summed E-state index contributed by atoms with van der Waals surface area (Å²) in [6.45, 7) is 9.85. The molecular formula is C29H39N3O8. The number of amides is 3. The minimum Gasteiger partial charge on any atom is -0.508 e. The Morgan fingerprint density at radius 1 is 0.875 bits per heavy atom. The number of hydrogen-bond acceptors (Lipinski definition) is 8. The van der Waals surface area contributed by atoms with Crippen molar-refractivity contribution in [3.05, 3.63) is 59.7 Å². The molecule has 3 amide bonds. The highest BCUT2D eigenvalue weighted by Gasteiger charge is 2.42. The number of esters is 1. The third-order valence-corrected chi connectivity index (χ3v) is 5.68. The average molecular weight is 558 g/mol. The Bertz CT molecular complexity index is 1180. The normalized spacial score (nSPS) is 13.0. The van der Waals surface area contributed by atoms with Crippen molar-refractivity contribution in [1.82, 2.24) is 15.5 Å². The van der Waals surface area contributed by atoms with E-state index in [2.05, 4.69) is 15.4 Å². The highest BCUT2D eigenvalue weighted by Crippen LogP contribution is 2.31. The number of rotatable bonds is 9. The molecule has 2 atom stereocenters. The molecule has 11 heteroatoms. The number of benzene rings is 2. The maximum absolute atomic E-state index is 14.3. The highest BCUT2D eigenvalue weighted by atomic mass is 16.6. The van der Waals surface area contributed by atoms with Crippen LogP contribution in [0.15, 0.2) is 48.5 Å². The fraction of sp³-hybridized carbons (Fsp3) is 0.448. The maximum atomic E-state index is 14.3. The summed E-state index contributed by atoms with van der Waals surface area (Å²) in [6.07, 6.45) is -0.799. The van der Waals surface area contributed by atoms with Gasteiger partial charge in [0.2, 0.25) is 11.8 Å². The molecule has 2 unspecified atom stereocenters. The molecule has 2 aromatic rings. The van der Waals surface area contributed by atoms with Crippen molar-refractivity contribution in [3.63, 3.8) is 0 Å². The van der Waals surface area contributed by atoms with Crippen molar-refractivity contribution in [2.24, 2.45) is 0 Å². The molecule has 0 saturated heterocycles. The quantitative estimate of drug-likeness (QED) is 0.343. The van der Waals surface area contributed by atoms with E-state index in [0.29, 0.717) is 11.1 Å². The first kappa shape index (κ1) is 31.9. The van der Waals surface area contributed by atoms with Crippen LogP contribution in [0, 0.1) is 0 Å². The first-order valence-electron chi connectivity index (χ1n) is 12.8. The molecule has 11 nitrogen and oxygen atoms in total. The van der Waals surface area contributed by atoms with E-state index in [4.69, 9.17) is 4.74 Å². The topological polar surface area (TPSA) is 154 Å². The van der Waals surface area contributed by atoms with Crippen LogP contribution in [0.25, 0.3) is 0 Å². The number of nitrogens with one attached hydrogen (secondary N) is 2. The molecule has 0 saturated carbocycles. The lowest BCUT2D eigenvalue weighted by Crippen LogP contribution is -2.59. The summed E-state index contributed by atoms with van der Waals surface area (Å²) in [5, 5.41) is 24.7. The number of phenolic OH excluding ortho intramolecular Hbond substituents is 2. The van der Waals surface area contributed by atoms with Gasteiger partial charge in [-0.3, -0.25) is 14.4 Å². The van der Waals surface area contributed by atoms with Crippen LogP contribution in [-0.4, -0.2) is 69.8 Å². The Morgan fingerprint density at radius 2 is 1.40 bits per heavy atom. The van der Waals surface area contributed by atoms with Crippen molar-refractivity contribution in [2.45, 2.75) is 71.2 Å². The first-order chi connectivity index (χ1) is 18.5. The number of carbonyl (C=O) groups excluding carboxylic acids is 4. The number of carbonyl (C=O) groups is 4.